The number of hydrogen-bond donors (Lipinski definition) is 2. The zero-order valence-corrected chi connectivity index (χ0v) is 21.9. The highest BCUT2D eigenvalue weighted by Crippen LogP contribution is 2.33. The van der Waals surface area contributed by atoms with E-state index in [1.165, 1.54) is 6.33 Å². The molecule has 1 saturated carbocycles. The fourth-order valence-corrected chi connectivity index (χ4v) is 5.23. The van der Waals surface area contributed by atoms with Crippen LogP contribution in [0.25, 0.3) is 10.9 Å². The predicted molar refractivity (Wildman–Crippen MR) is 147 cm³/mol. The molecular weight excluding hydrogens is 518 g/mol. The maximum atomic E-state index is 13.9. The Kier molecular flexibility index (Phi) is 7.43. The van der Waals surface area contributed by atoms with Crippen molar-refractivity contribution in [2.75, 3.05) is 11.1 Å². The van der Waals surface area contributed by atoms with Gasteiger partial charge < -0.3 is 15.8 Å². The lowest BCUT2D eigenvalue weighted by Gasteiger charge is -2.32. The van der Waals surface area contributed by atoms with Crippen LogP contribution >= 0.6 is 11.6 Å². The van der Waals surface area contributed by atoms with Gasteiger partial charge >= 0.3 is 5.97 Å². The van der Waals surface area contributed by atoms with Gasteiger partial charge in [-0.25, -0.2) is 19.7 Å². The van der Waals surface area contributed by atoms with E-state index >= 15 is 0 Å². The van der Waals surface area contributed by atoms with Crippen molar-refractivity contribution >= 4 is 40.1 Å². The van der Waals surface area contributed by atoms with Gasteiger partial charge in [0.05, 0.1) is 27.5 Å². The summed E-state index contributed by atoms with van der Waals surface area (Å²) in [6.45, 7) is 1.83. The predicted octanol–water partition coefficient (Wildman–Crippen LogP) is 4.81. The first-order valence-electron chi connectivity index (χ1n) is 12.6. The number of aromatic nitrogens is 4. The van der Waals surface area contributed by atoms with Crippen molar-refractivity contribution < 1.29 is 9.53 Å². The standard InChI is InChI=1S/C28H26ClN7O3/c1-16(34-25-20(14-30)24(31)32-15-33-25)26-35-22-9-5-8-21(29)23(22)27(37)36(26)18-10-12-19(13-11-18)39-28(38)17-6-3-2-4-7-17/h2-9,15-16,18-19H,10-13H2,1H3,(H3,31,32,33,34)/t16-,18-,19-/m0/s1. The molecule has 39 heavy (non-hydrogen) atoms. The number of esters is 1. The van der Waals surface area contributed by atoms with Gasteiger partial charge in [-0.3, -0.25) is 9.36 Å². The van der Waals surface area contributed by atoms with Crippen molar-refractivity contribution in [3.63, 3.8) is 0 Å². The summed E-state index contributed by atoms with van der Waals surface area (Å²) >= 11 is 6.44. The number of nitrogens with one attached hydrogen (secondary N) is 1. The minimum Gasteiger partial charge on any atom is -0.459 e. The summed E-state index contributed by atoms with van der Waals surface area (Å²) in [5, 5.41) is 13.4. The van der Waals surface area contributed by atoms with Crippen LogP contribution in [-0.4, -0.2) is 31.6 Å². The van der Waals surface area contributed by atoms with Crippen molar-refractivity contribution in [3.05, 3.63) is 87.2 Å². The second-order valence-corrected chi connectivity index (χ2v) is 9.85. The van der Waals surface area contributed by atoms with Crippen LogP contribution < -0.4 is 16.6 Å². The maximum absolute atomic E-state index is 13.9. The van der Waals surface area contributed by atoms with Gasteiger partial charge in [0.1, 0.15) is 41.5 Å². The van der Waals surface area contributed by atoms with Crippen molar-refractivity contribution in [1.29, 1.82) is 5.26 Å². The van der Waals surface area contributed by atoms with Crippen molar-refractivity contribution in [2.45, 2.75) is 50.8 Å². The normalized spacial score (nSPS) is 17.8. The molecule has 1 fully saturated rings. The Morgan fingerprint density at radius 1 is 1.15 bits per heavy atom. The molecule has 198 valence electrons. The largest absolute Gasteiger partial charge is 0.459 e. The third-order valence-electron chi connectivity index (χ3n) is 6.93. The molecule has 0 amide bonds. The first-order chi connectivity index (χ1) is 18.9. The number of nitrogens with zero attached hydrogens (tertiary/aromatic N) is 5. The highest BCUT2D eigenvalue weighted by Gasteiger charge is 2.30. The molecule has 1 atom stereocenters. The fourth-order valence-electron chi connectivity index (χ4n) is 4.98. The smallest absolute Gasteiger partial charge is 0.338 e. The van der Waals surface area contributed by atoms with E-state index in [-0.39, 0.29) is 40.9 Å². The molecular formula is C28H26ClN7O3. The van der Waals surface area contributed by atoms with Gasteiger partial charge in [-0.05, 0) is 56.9 Å². The Bertz CT molecular complexity index is 1630. The molecule has 0 unspecified atom stereocenters. The van der Waals surface area contributed by atoms with E-state index in [1.807, 2.05) is 19.1 Å². The van der Waals surface area contributed by atoms with E-state index in [2.05, 4.69) is 15.3 Å². The molecule has 1 aliphatic carbocycles. The quantitative estimate of drug-likeness (QED) is 0.327. The third-order valence-corrected chi connectivity index (χ3v) is 7.24. The van der Waals surface area contributed by atoms with Gasteiger partial charge in [0.2, 0.25) is 0 Å². The number of nitrogen functional groups attached to an aromatic ring is 1. The number of carbonyl (C=O) groups is 1. The van der Waals surface area contributed by atoms with Crippen molar-refractivity contribution in [2.24, 2.45) is 0 Å². The van der Waals surface area contributed by atoms with Crippen LogP contribution in [0.4, 0.5) is 11.6 Å². The minimum atomic E-state index is -0.517. The van der Waals surface area contributed by atoms with Crippen LogP contribution in [0.5, 0.6) is 0 Å². The summed E-state index contributed by atoms with van der Waals surface area (Å²) in [6, 6.07) is 15.3. The summed E-state index contributed by atoms with van der Waals surface area (Å²) < 4.78 is 7.42. The summed E-state index contributed by atoms with van der Waals surface area (Å²) in [5.41, 5.74) is 6.70. The highest BCUT2D eigenvalue weighted by atomic mass is 35.5. The first-order valence-corrected chi connectivity index (χ1v) is 13.0. The molecule has 4 aromatic rings. The Balaban J connectivity index is 1.45. The summed E-state index contributed by atoms with van der Waals surface area (Å²) in [6.07, 6.45) is 3.42. The van der Waals surface area contributed by atoms with Gasteiger partial charge in [0.25, 0.3) is 5.56 Å². The van der Waals surface area contributed by atoms with Crippen molar-refractivity contribution in [1.82, 2.24) is 19.5 Å². The van der Waals surface area contributed by atoms with Gasteiger partial charge in [0, 0.05) is 6.04 Å². The monoisotopic (exact) mass is 543 g/mol. The average molecular weight is 544 g/mol. The molecule has 3 N–H and O–H groups in total. The Labute approximate surface area is 229 Å². The Morgan fingerprint density at radius 3 is 2.62 bits per heavy atom. The van der Waals surface area contributed by atoms with Gasteiger partial charge in [0.15, 0.2) is 0 Å². The molecule has 0 bridgehead atoms. The molecule has 2 aromatic heterocycles. The lowest BCUT2D eigenvalue weighted by atomic mass is 9.92. The molecule has 10 nitrogen and oxygen atoms in total. The lowest BCUT2D eigenvalue weighted by Crippen LogP contribution is -2.35. The van der Waals surface area contributed by atoms with Crippen LogP contribution in [0, 0.1) is 11.3 Å². The second kappa shape index (κ2) is 11.1. The van der Waals surface area contributed by atoms with E-state index in [9.17, 15) is 14.9 Å². The number of nitriles is 1. The zero-order chi connectivity index (χ0) is 27.5. The summed E-state index contributed by atoms with van der Waals surface area (Å²) in [7, 11) is 0. The topological polar surface area (TPSA) is 149 Å². The number of fused-ring (bicyclic) bond motifs is 1. The molecule has 0 radical (unpaired) electrons. The lowest BCUT2D eigenvalue weighted by molar-refractivity contribution is 0.0169. The third kappa shape index (κ3) is 5.26. The molecule has 0 saturated heterocycles. The number of ether oxygens (including phenoxy) is 1. The number of halogens is 1. The second-order valence-electron chi connectivity index (χ2n) is 9.44. The van der Waals surface area contributed by atoms with Gasteiger partial charge in [-0.2, -0.15) is 5.26 Å². The zero-order valence-electron chi connectivity index (χ0n) is 21.2. The van der Waals surface area contributed by atoms with Crippen LogP contribution in [-0.2, 0) is 4.74 Å². The molecule has 1 aliphatic rings. The molecule has 2 heterocycles. The highest BCUT2D eigenvalue weighted by molar-refractivity contribution is 6.35. The van der Waals surface area contributed by atoms with E-state index in [0.717, 1.165) is 0 Å². The first kappa shape index (κ1) is 26.1. The number of carbonyl (C=O) groups excluding carboxylic acids is 1. The molecule has 0 spiro atoms. The number of anilines is 2. The molecule has 5 rings (SSSR count). The van der Waals surface area contributed by atoms with E-state index in [0.29, 0.717) is 53.0 Å². The van der Waals surface area contributed by atoms with Crippen LogP contribution in [0.2, 0.25) is 5.02 Å². The van der Waals surface area contributed by atoms with Gasteiger partial charge in [-0.1, -0.05) is 35.9 Å². The van der Waals surface area contributed by atoms with Crippen molar-refractivity contribution in [3.8, 4) is 6.07 Å². The van der Waals surface area contributed by atoms with Crippen LogP contribution in [0.1, 0.15) is 66.4 Å². The molecule has 0 aliphatic heterocycles. The molecule has 11 heteroatoms. The van der Waals surface area contributed by atoms with E-state index < -0.39 is 6.04 Å². The maximum Gasteiger partial charge on any atom is 0.338 e. The number of hydrogen-bond acceptors (Lipinski definition) is 9. The number of benzene rings is 2. The fraction of sp³-hybridized carbons (Fsp3) is 0.286. The van der Waals surface area contributed by atoms with E-state index in [1.54, 1.807) is 47.0 Å². The molecule has 2 aromatic carbocycles. The Morgan fingerprint density at radius 2 is 1.90 bits per heavy atom. The summed E-state index contributed by atoms with van der Waals surface area (Å²) in [4.78, 5) is 39.3. The van der Waals surface area contributed by atoms with Crippen LogP contribution in [0.15, 0.2) is 59.7 Å². The number of nitrogens with two attached hydrogens (primary N) is 1. The van der Waals surface area contributed by atoms with E-state index in [4.69, 9.17) is 27.1 Å². The minimum absolute atomic E-state index is 0.0567. The van der Waals surface area contributed by atoms with Crippen LogP contribution in [0.3, 0.4) is 0 Å². The number of rotatable bonds is 6. The van der Waals surface area contributed by atoms with Gasteiger partial charge in [-0.15, -0.1) is 0 Å². The SMILES string of the molecule is C[C@H](Nc1ncnc(N)c1C#N)c1nc2cccc(Cl)c2c(=O)n1[C@H]1CC[C@H](OC(=O)c2ccccc2)CC1. The average Bonchev–Trinajstić information content (AvgIpc) is 2.94. The summed E-state index contributed by atoms with van der Waals surface area (Å²) in [5.74, 6) is 0.425. The Hall–Kier alpha value is -4.49.